The van der Waals surface area contributed by atoms with Crippen molar-refractivity contribution in [3.05, 3.63) is 87.8 Å². The Hall–Kier alpha value is -3.80. The van der Waals surface area contributed by atoms with Crippen LogP contribution in [0.5, 0.6) is 0 Å². The third-order valence-corrected chi connectivity index (χ3v) is 5.08. The van der Waals surface area contributed by atoms with Gasteiger partial charge in [-0.25, -0.2) is 9.97 Å². The lowest BCUT2D eigenvalue weighted by molar-refractivity contribution is 0.102. The first kappa shape index (κ1) is 19.5. The van der Waals surface area contributed by atoms with Crippen molar-refractivity contribution < 1.29 is 4.79 Å². The molecule has 0 spiro atoms. The number of nitrogens with zero attached hydrogens (tertiary/aromatic N) is 3. The predicted octanol–water partition coefficient (Wildman–Crippen LogP) is 4.35. The first-order valence-corrected chi connectivity index (χ1v) is 9.82. The third kappa shape index (κ3) is 3.59. The van der Waals surface area contributed by atoms with Crippen LogP contribution in [-0.2, 0) is 6.54 Å². The van der Waals surface area contributed by atoms with Crippen molar-refractivity contribution in [1.82, 2.24) is 14.5 Å². The van der Waals surface area contributed by atoms with Crippen LogP contribution in [0.4, 0.5) is 5.69 Å². The van der Waals surface area contributed by atoms with Crippen LogP contribution < -0.4 is 10.9 Å². The first-order valence-electron chi connectivity index (χ1n) is 9.82. The van der Waals surface area contributed by atoms with E-state index in [2.05, 4.69) is 15.3 Å². The van der Waals surface area contributed by atoms with Gasteiger partial charge < -0.3 is 5.32 Å². The monoisotopic (exact) mass is 398 g/mol. The molecule has 6 nitrogen and oxygen atoms in total. The van der Waals surface area contributed by atoms with Crippen molar-refractivity contribution in [2.24, 2.45) is 0 Å². The van der Waals surface area contributed by atoms with E-state index in [1.54, 1.807) is 41.1 Å². The molecule has 0 radical (unpaired) electrons. The van der Waals surface area contributed by atoms with Crippen LogP contribution in [0.2, 0.25) is 0 Å². The smallest absolute Gasteiger partial charge is 0.278 e. The van der Waals surface area contributed by atoms with Crippen LogP contribution in [0.25, 0.3) is 22.4 Å². The Morgan fingerprint density at radius 2 is 1.83 bits per heavy atom. The standard InChI is InChI=1S/C24H22N4O2/c1-4-28-22-19(6-5-13-25-22)26-21(24(28)30)17-9-11-18(12-10-17)23(29)27-20-14-15(2)7-8-16(20)3/h5-14H,4H2,1-3H3,(H,27,29). The second-order valence-electron chi connectivity index (χ2n) is 7.21. The molecular formula is C24H22N4O2. The Morgan fingerprint density at radius 1 is 1.07 bits per heavy atom. The summed E-state index contributed by atoms with van der Waals surface area (Å²) >= 11 is 0. The molecule has 2 heterocycles. The fourth-order valence-corrected chi connectivity index (χ4v) is 3.40. The van der Waals surface area contributed by atoms with Gasteiger partial charge in [0.1, 0.15) is 11.2 Å². The zero-order valence-electron chi connectivity index (χ0n) is 17.1. The molecule has 6 heteroatoms. The highest BCUT2D eigenvalue weighted by atomic mass is 16.1. The molecule has 0 atom stereocenters. The number of aryl methyl sites for hydroxylation is 3. The zero-order valence-corrected chi connectivity index (χ0v) is 17.1. The number of hydrogen-bond donors (Lipinski definition) is 1. The summed E-state index contributed by atoms with van der Waals surface area (Å²) in [5, 5.41) is 2.95. The normalized spacial score (nSPS) is 10.9. The highest BCUT2D eigenvalue weighted by Crippen LogP contribution is 2.20. The number of anilines is 1. The Labute approximate surface area is 174 Å². The van der Waals surface area contributed by atoms with Crippen LogP contribution in [0.15, 0.2) is 65.6 Å². The Kier molecular flexibility index (Phi) is 5.14. The summed E-state index contributed by atoms with van der Waals surface area (Å²) < 4.78 is 1.61. The van der Waals surface area contributed by atoms with E-state index in [0.29, 0.717) is 34.5 Å². The Bertz CT molecular complexity index is 1310. The van der Waals surface area contributed by atoms with Crippen LogP contribution in [0.3, 0.4) is 0 Å². The molecule has 30 heavy (non-hydrogen) atoms. The summed E-state index contributed by atoms with van der Waals surface area (Å²) in [6, 6.07) is 16.5. The number of fused-ring (bicyclic) bond motifs is 1. The van der Waals surface area contributed by atoms with Crippen LogP contribution in [0.1, 0.15) is 28.4 Å². The molecule has 2 aromatic heterocycles. The van der Waals surface area contributed by atoms with Crippen molar-refractivity contribution in [3.8, 4) is 11.3 Å². The fourth-order valence-electron chi connectivity index (χ4n) is 3.40. The topological polar surface area (TPSA) is 76.9 Å². The molecule has 1 N–H and O–H groups in total. The molecule has 150 valence electrons. The average molecular weight is 398 g/mol. The van der Waals surface area contributed by atoms with E-state index in [4.69, 9.17) is 0 Å². The molecule has 4 rings (SSSR count). The average Bonchev–Trinajstić information content (AvgIpc) is 2.76. The van der Waals surface area contributed by atoms with E-state index in [-0.39, 0.29) is 11.5 Å². The van der Waals surface area contributed by atoms with Crippen LogP contribution >= 0.6 is 0 Å². The Balaban J connectivity index is 1.67. The van der Waals surface area contributed by atoms with Crippen molar-refractivity contribution in [1.29, 1.82) is 0 Å². The Morgan fingerprint density at radius 3 is 2.57 bits per heavy atom. The molecule has 4 aromatic rings. The number of pyridine rings is 1. The molecule has 0 unspecified atom stereocenters. The molecule has 0 aliphatic carbocycles. The van der Waals surface area contributed by atoms with Crippen molar-refractivity contribution in [2.45, 2.75) is 27.3 Å². The minimum Gasteiger partial charge on any atom is -0.322 e. The van der Waals surface area contributed by atoms with Crippen molar-refractivity contribution in [3.63, 3.8) is 0 Å². The lowest BCUT2D eigenvalue weighted by atomic mass is 10.1. The number of rotatable bonds is 4. The number of aromatic nitrogens is 3. The SMILES string of the molecule is CCn1c(=O)c(-c2ccc(C(=O)Nc3cc(C)ccc3C)cc2)nc2cccnc21. The van der Waals surface area contributed by atoms with Gasteiger partial charge in [0.05, 0.1) is 0 Å². The molecular weight excluding hydrogens is 376 g/mol. The minimum absolute atomic E-state index is 0.197. The molecule has 0 saturated heterocycles. The number of carbonyl (C=O) groups excluding carboxylic acids is 1. The zero-order chi connectivity index (χ0) is 21.3. The molecule has 0 fully saturated rings. The predicted molar refractivity (Wildman–Crippen MR) is 119 cm³/mol. The van der Waals surface area contributed by atoms with E-state index in [1.165, 1.54) is 0 Å². The van der Waals surface area contributed by atoms with Gasteiger partial charge in [-0.1, -0.05) is 24.3 Å². The van der Waals surface area contributed by atoms with E-state index < -0.39 is 0 Å². The van der Waals surface area contributed by atoms with E-state index >= 15 is 0 Å². The first-order chi connectivity index (χ1) is 14.5. The quantitative estimate of drug-likeness (QED) is 0.554. The largest absolute Gasteiger partial charge is 0.322 e. The van der Waals surface area contributed by atoms with Gasteiger partial charge in [-0.3, -0.25) is 14.2 Å². The number of amides is 1. The summed E-state index contributed by atoms with van der Waals surface area (Å²) in [7, 11) is 0. The molecule has 0 aliphatic rings. The van der Waals surface area contributed by atoms with E-state index in [0.717, 1.165) is 16.8 Å². The maximum absolute atomic E-state index is 12.9. The van der Waals surface area contributed by atoms with Gasteiger partial charge in [0.25, 0.3) is 11.5 Å². The van der Waals surface area contributed by atoms with E-state index in [1.807, 2.05) is 45.0 Å². The molecule has 0 bridgehead atoms. The van der Waals surface area contributed by atoms with Gasteiger partial charge in [0.2, 0.25) is 0 Å². The van der Waals surface area contributed by atoms with E-state index in [9.17, 15) is 9.59 Å². The number of benzene rings is 2. The lowest BCUT2D eigenvalue weighted by Crippen LogP contribution is -2.23. The summed E-state index contributed by atoms with van der Waals surface area (Å²) in [5.41, 5.74) is 5.42. The molecule has 2 aromatic carbocycles. The maximum Gasteiger partial charge on any atom is 0.278 e. The van der Waals surface area contributed by atoms with Gasteiger partial charge in [0.15, 0.2) is 5.65 Å². The number of hydrogen-bond acceptors (Lipinski definition) is 4. The fraction of sp³-hybridized carbons (Fsp3) is 0.167. The van der Waals surface area contributed by atoms with Crippen LogP contribution in [-0.4, -0.2) is 20.4 Å². The number of nitrogens with one attached hydrogen (secondary N) is 1. The highest BCUT2D eigenvalue weighted by molar-refractivity contribution is 6.04. The van der Waals surface area contributed by atoms with Crippen molar-refractivity contribution in [2.75, 3.05) is 5.32 Å². The van der Waals surface area contributed by atoms with Gasteiger partial charge in [-0.15, -0.1) is 0 Å². The third-order valence-electron chi connectivity index (χ3n) is 5.08. The maximum atomic E-state index is 12.9. The van der Waals surface area contributed by atoms with Gasteiger partial charge in [0, 0.05) is 29.6 Å². The lowest BCUT2D eigenvalue weighted by Gasteiger charge is -2.11. The summed E-state index contributed by atoms with van der Waals surface area (Å²) in [4.78, 5) is 34.4. The molecule has 0 aliphatic heterocycles. The van der Waals surface area contributed by atoms with Gasteiger partial charge in [-0.2, -0.15) is 0 Å². The second kappa shape index (κ2) is 7.91. The molecule has 1 amide bonds. The summed E-state index contributed by atoms with van der Waals surface area (Å²) in [6.45, 7) is 6.34. The van der Waals surface area contributed by atoms with Crippen LogP contribution in [0, 0.1) is 13.8 Å². The minimum atomic E-state index is -0.198. The summed E-state index contributed by atoms with van der Waals surface area (Å²) in [6.07, 6.45) is 1.65. The van der Waals surface area contributed by atoms with Gasteiger partial charge >= 0.3 is 0 Å². The number of carbonyl (C=O) groups is 1. The second-order valence-corrected chi connectivity index (χ2v) is 7.21. The highest BCUT2D eigenvalue weighted by Gasteiger charge is 2.14. The van der Waals surface area contributed by atoms with Gasteiger partial charge in [-0.05, 0) is 62.2 Å². The summed E-state index contributed by atoms with van der Waals surface area (Å²) in [5.74, 6) is -0.197. The van der Waals surface area contributed by atoms with Crippen molar-refractivity contribution >= 4 is 22.8 Å². The molecule has 0 saturated carbocycles.